The highest BCUT2D eigenvalue weighted by Gasteiger charge is 2.60. The first-order valence-corrected chi connectivity index (χ1v) is 10.9. The monoisotopic (exact) mass is 413 g/mol. The van der Waals surface area contributed by atoms with Gasteiger partial charge in [-0.3, -0.25) is 9.36 Å². The maximum Gasteiger partial charge on any atom is 0.250 e. The second kappa shape index (κ2) is 7.48. The number of rotatable bonds is 7. The van der Waals surface area contributed by atoms with Gasteiger partial charge in [0.2, 0.25) is 5.82 Å². The number of hydrogen-bond donors (Lipinski definition) is 1. The zero-order chi connectivity index (χ0) is 20.6. The average Bonchev–Trinajstić information content (AvgIpc) is 3.42. The van der Waals surface area contributed by atoms with Crippen molar-refractivity contribution in [2.24, 2.45) is 21.8 Å². The largest absolute Gasteiger partial charge is 0.461 e. The van der Waals surface area contributed by atoms with E-state index >= 15 is 0 Å². The summed E-state index contributed by atoms with van der Waals surface area (Å²) < 4.78 is 7.31. The van der Waals surface area contributed by atoms with Crippen LogP contribution in [0.5, 0.6) is 0 Å². The third-order valence-corrected chi connectivity index (χ3v) is 7.90. The van der Waals surface area contributed by atoms with Gasteiger partial charge in [-0.25, -0.2) is 5.43 Å². The fraction of sp³-hybridized carbons (Fsp3) is 0.524. The molecule has 0 radical (unpaired) electrons. The van der Waals surface area contributed by atoms with E-state index in [1.54, 1.807) is 18.4 Å². The zero-order valence-corrected chi connectivity index (χ0v) is 18.0. The Hall–Kier alpha value is -2.35. The molecule has 2 heterocycles. The zero-order valence-electron chi connectivity index (χ0n) is 17.1. The van der Waals surface area contributed by atoms with Crippen molar-refractivity contribution in [2.75, 3.05) is 5.75 Å². The van der Waals surface area contributed by atoms with Crippen LogP contribution in [0.2, 0.25) is 0 Å². The van der Waals surface area contributed by atoms with Crippen LogP contribution in [0.15, 0.2) is 45.7 Å². The Bertz CT molecular complexity index is 946. The van der Waals surface area contributed by atoms with Crippen molar-refractivity contribution >= 4 is 23.4 Å². The Morgan fingerprint density at radius 2 is 2.31 bits per heavy atom. The summed E-state index contributed by atoms with van der Waals surface area (Å²) in [5.41, 5.74) is 4.22. The molecule has 29 heavy (non-hydrogen) atoms. The van der Waals surface area contributed by atoms with Crippen molar-refractivity contribution in [1.82, 2.24) is 20.2 Å². The summed E-state index contributed by atoms with van der Waals surface area (Å²) in [7, 11) is 0. The molecule has 2 unspecified atom stereocenters. The number of carbonyl (C=O) groups excluding carboxylic acids is 1. The fourth-order valence-corrected chi connectivity index (χ4v) is 5.41. The lowest BCUT2D eigenvalue weighted by Gasteiger charge is -2.34. The molecule has 2 bridgehead atoms. The Balaban J connectivity index is 1.40. The number of nitrogens with one attached hydrogen (secondary N) is 1. The maximum absolute atomic E-state index is 12.4. The van der Waals surface area contributed by atoms with Crippen LogP contribution < -0.4 is 5.43 Å². The van der Waals surface area contributed by atoms with Gasteiger partial charge in [0, 0.05) is 17.7 Å². The standard InChI is InChI=1S/C21H27N5O2S/c1-5-10-26-18(15-7-6-11-28-15)24-25-19(26)29-13-17(27)23-22-16-12-14-8-9-21(16,4)20(14,2)3/h5-7,11,14H,1,8-10,12-13H2,2-4H3,(H,23,27)/b22-16-. The van der Waals surface area contributed by atoms with Gasteiger partial charge >= 0.3 is 0 Å². The summed E-state index contributed by atoms with van der Waals surface area (Å²) >= 11 is 1.33. The summed E-state index contributed by atoms with van der Waals surface area (Å²) in [5, 5.41) is 13.6. The second-order valence-electron chi connectivity index (χ2n) is 8.56. The molecule has 0 spiro atoms. The molecule has 2 aliphatic rings. The number of furan rings is 1. The summed E-state index contributed by atoms with van der Waals surface area (Å²) in [4.78, 5) is 12.4. The molecule has 154 valence electrons. The topological polar surface area (TPSA) is 85.3 Å². The summed E-state index contributed by atoms with van der Waals surface area (Å²) in [6.45, 7) is 11.3. The van der Waals surface area contributed by atoms with Crippen LogP contribution in [0.4, 0.5) is 0 Å². The molecule has 2 saturated carbocycles. The molecule has 0 aliphatic heterocycles. The van der Waals surface area contributed by atoms with Crippen LogP contribution in [-0.2, 0) is 11.3 Å². The van der Waals surface area contributed by atoms with Gasteiger partial charge in [-0.1, -0.05) is 38.6 Å². The molecule has 4 rings (SSSR count). The lowest BCUT2D eigenvalue weighted by atomic mass is 9.70. The van der Waals surface area contributed by atoms with Gasteiger partial charge in [0.25, 0.3) is 5.91 Å². The number of thioether (sulfide) groups is 1. The lowest BCUT2D eigenvalue weighted by Crippen LogP contribution is -2.34. The predicted octanol–water partition coefficient (Wildman–Crippen LogP) is 4.13. The minimum Gasteiger partial charge on any atom is -0.461 e. The molecule has 1 N–H and O–H groups in total. The highest BCUT2D eigenvalue weighted by Crippen LogP contribution is 2.63. The minimum atomic E-state index is -0.139. The van der Waals surface area contributed by atoms with Crippen molar-refractivity contribution in [2.45, 2.75) is 51.7 Å². The molecule has 1 amide bonds. The van der Waals surface area contributed by atoms with E-state index in [1.165, 1.54) is 18.2 Å². The molecule has 2 aromatic heterocycles. The first-order valence-electron chi connectivity index (χ1n) is 9.93. The average molecular weight is 414 g/mol. The van der Waals surface area contributed by atoms with Gasteiger partial charge in [-0.2, -0.15) is 5.10 Å². The van der Waals surface area contributed by atoms with E-state index in [9.17, 15) is 4.79 Å². The molecule has 2 atom stereocenters. The van der Waals surface area contributed by atoms with E-state index in [2.05, 4.69) is 48.1 Å². The van der Waals surface area contributed by atoms with E-state index in [1.807, 2.05) is 10.6 Å². The summed E-state index contributed by atoms with van der Waals surface area (Å²) in [6, 6.07) is 3.64. The number of aromatic nitrogens is 3. The van der Waals surface area contributed by atoms with Crippen molar-refractivity contribution in [3.05, 3.63) is 31.1 Å². The predicted molar refractivity (Wildman–Crippen MR) is 113 cm³/mol. The highest BCUT2D eigenvalue weighted by molar-refractivity contribution is 7.99. The van der Waals surface area contributed by atoms with Crippen molar-refractivity contribution in [1.29, 1.82) is 0 Å². The molecular weight excluding hydrogens is 386 g/mol. The smallest absolute Gasteiger partial charge is 0.250 e. The number of nitrogens with zero attached hydrogens (tertiary/aromatic N) is 4. The molecule has 0 saturated heterocycles. The van der Waals surface area contributed by atoms with E-state index in [0.717, 1.165) is 18.6 Å². The number of carbonyl (C=O) groups is 1. The van der Waals surface area contributed by atoms with Gasteiger partial charge in [0.1, 0.15) is 0 Å². The van der Waals surface area contributed by atoms with Gasteiger partial charge in [0.15, 0.2) is 10.9 Å². The molecule has 0 aromatic carbocycles. The van der Waals surface area contributed by atoms with Gasteiger partial charge < -0.3 is 4.42 Å². The van der Waals surface area contributed by atoms with Gasteiger partial charge in [-0.15, -0.1) is 16.8 Å². The van der Waals surface area contributed by atoms with Gasteiger partial charge in [0.05, 0.1) is 12.0 Å². The summed E-state index contributed by atoms with van der Waals surface area (Å²) in [5.74, 6) is 1.99. The van der Waals surface area contributed by atoms with Crippen LogP contribution >= 0.6 is 11.8 Å². The number of fused-ring (bicyclic) bond motifs is 2. The molecule has 8 heteroatoms. The maximum atomic E-state index is 12.4. The minimum absolute atomic E-state index is 0.0835. The quantitative estimate of drug-likeness (QED) is 0.419. The normalized spacial score (nSPS) is 26.2. The number of allylic oxidation sites excluding steroid dienone is 1. The van der Waals surface area contributed by atoms with Crippen LogP contribution in [0.1, 0.15) is 40.0 Å². The highest BCUT2D eigenvalue weighted by atomic mass is 32.2. The molecule has 7 nitrogen and oxygen atoms in total. The number of hydrazone groups is 1. The van der Waals surface area contributed by atoms with E-state index in [-0.39, 0.29) is 22.5 Å². The number of hydrogen-bond acceptors (Lipinski definition) is 6. The molecule has 2 aliphatic carbocycles. The molecular formula is C21H27N5O2S. The first-order chi connectivity index (χ1) is 13.9. The van der Waals surface area contributed by atoms with Crippen molar-refractivity contribution in [3.63, 3.8) is 0 Å². The van der Waals surface area contributed by atoms with Crippen LogP contribution in [0, 0.1) is 16.7 Å². The first kappa shape index (κ1) is 19.9. The van der Waals surface area contributed by atoms with Crippen molar-refractivity contribution < 1.29 is 9.21 Å². The van der Waals surface area contributed by atoms with Crippen LogP contribution in [0.25, 0.3) is 11.6 Å². The third kappa shape index (κ3) is 3.33. The number of amides is 1. The molecule has 2 fully saturated rings. The van der Waals surface area contributed by atoms with E-state index in [4.69, 9.17) is 4.42 Å². The Morgan fingerprint density at radius 1 is 1.48 bits per heavy atom. The van der Waals surface area contributed by atoms with Crippen LogP contribution in [-0.4, -0.2) is 32.1 Å². The van der Waals surface area contributed by atoms with Gasteiger partial charge in [-0.05, 0) is 42.7 Å². The van der Waals surface area contributed by atoms with Crippen LogP contribution in [0.3, 0.4) is 0 Å². The third-order valence-electron chi connectivity index (χ3n) is 6.93. The van der Waals surface area contributed by atoms with Crippen molar-refractivity contribution in [3.8, 4) is 11.6 Å². The Morgan fingerprint density at radius 3 is 2.93 bits per heavy atom. The fourth-order valence-electron chi connectivity index (χ4n) is 4.67. The molecule has 2 aromatic rings. The lowest BCUT2D eigenvalue weighted by molar-refractivity contribution is -0.118. The Kier molecular flexibility index (Phi) is 5.14. The SMILES string of the molecule is C=CCn1c(SCC(=O)N/N=C2/CC3CCC2(C)C3(C)C)nnc1-c1ccco1. The second-order valence-corrected chi connectivity index (χ2v) is 9.50. The van der Waals surface area contributed by atoms with E-state index < -0.39 is 0 Å². The Labute approximate surface area is 175 Å². The summed E-state index contributed by atoms with van der Waals surface area (Å²) in [6.07, 6.45) is 6.75. The van der Waals surface area contributed by atoms with E-state index in [0.29, 0.717) is 29.2 Å².